The second kappa shape index (κ2) is 4.30. The number of benzene rings is 2. The topological polar surface area (TPSA) is 26.0 Å². The van der Waals surface area contributed by atoms with E-state index in [1.807, 2.05) is 24.3 Å². The molecule has 2 nitrogen and oxygen atoms in total. The fraction of sp³-hybridized carbons (Fsp3) is 0.188. The molecule has 0 aliphatic carbocycles. The molecule has 3 rings (SSSR count). The predicted octanol–water partition coefficient (Wildman–Crippen LogP) is 4.04. The highest BCUT2D eigenvalue weighted by Gasteiger charge is 2.09. The number of rotatable bonds is 2. The summed E-state index contributed by atoms with van der Waals surface area (Å²) in [5.41, 5.74) is 5.51. The molecule has 90 valence electrons. The minimum absolute atomic E-state index is 0.744. The Morgan fingerprint density at radius 3 is 2.56 bits per heavy atom. The van der Waals surface area contributed by atoms with Crippen LogP contribution in [0.2, 0.25) is 0 Å². The van der Waals surface area contributed by atoms with E-state index < -0.39 is 0 Å². The second-order valence-corrected chi connectivity index (χ2v) is 4.63. The minimum atomic E-state index is 0.744. The quantitative estimate of drug-likeness (QED) is 0.672. The van der Waals surface area contributed by atoms with Crippen LogP contribution in [0, 0.1) is 13.8 Å². The lowest BCUT2D eigenvalue weighted by Gasteiger charge is -1.97. The van der Waals surface area contributed by atoms with Crippen LogP contribution < -0.4 is 0 Å². The minimum Gasteiger partial charge on any atom is -0.440 e. The number of oxazole rings is 1. The zero-order valence-corrected chi connectivity index (χ0v) is 10.6. The highest BCUT2D eigenvalue weighted by molar-refractivity contribution is 5.77. The van der Waals surface area contributed by atoms with Crippen molar-refractivity contribution in [3.05, 3.63) is 65.0 Å². The summed E-state index contributed by atoms with van der Waals surface area (Å²) in [5, 5.41) is 0. The lowest BCUT2D eigenvalue weighted by Crippen LogP contribution is -1.86. The summed E-state index contributed by atoms with van der Waals surface area (Å²) in [6.07, 6.45) is 0.744. The Morgan fingerprint density at radius 2 is 1.78 bits per heavy atom. The van der Waals surface area contributed by atoms with Gasteiger partial charge in [0.2, 0.25) is 0 Å². The van der Waals surface area contributed by atoms with E-state index in [9.17, 15) is 0 Å². The van der Waals surface area contributed by atoms with Gasteiger partial charge in [0, 0.05) is 6.42 Å². The molecule has 0 bridgehead atoms. The molecule has 0 radical (unpaired) electrons. The van der Waals surface area contributed by atoms with Crippen molar-refractivity contribution in [1.82, 2.24) is 4.98 Å². The molecule has 1 aromatic heterocycles. The molecule has 0 aliphatic rings. The van der Waals surface area contributed by atoms with Gasteiger partial charge >= 0.3 is 0 Å². The van der Waals surface area contributed by atoms with Crippen molar-refractivity contribution in [3.8, 4) is 0 Å². The van der Waals surface area contributed by atoms with Gasteiger partial charge in [0.15, 0.2) is 11.5 Å². The number of hydrogen-bond acceptors (Lipinski definition) is 2. The van der Waals surface area contributed by atoms with Gasteiger partial charge < -0.3 is 4.42 Å². The Balaban J connectivity index is 2.02. The van der Waals surface area contributed by atoms with Gasteiger partial charge in [-0.2, -0.15) is 0 Å². The van der Waals surface area contributed by atoms with Crippen LogP contribution in [-0.2, 0) is 6.42 Å². The molecule has 0 amide bonds. The summed E-state index contributed by atoms with van der Waals surface area (Å²) in [6, 6.07) is 14.4. The fourth-order valence-corrected chi connectivity index (χ4v) is 2.11. The smallest absolute Gasteiger partial charge is 0.199 e. The first-order valence-corrected chi connectivity index (χ1v) is 6.13. The molecule has 2 aromatic carbocycles. The van der Waals surface area contributed by atoms with Crippen LogP contribution in [0.25, 0.3) is 11.1 Å². The maximum Gasteiger partial charge on any atom is 0.199 e. The van der Waals surface area contributed by atoms with E-state index in [2.05, 4.69) is 37.0 Å². The molecule has 0 atom stereocenters. The molecular weight excluding hydrogens is 222 g/mol. The Kier molecular flexibility index (Phi) is 2.63. The molecule has 2 heteroatoms. The normalized spacial score (nSPS) is 11.0. The molecule has 1 heterocycles. The molecule has 18 heavy (non-hydrogen) atoms. The van der Waals surface area contributed by atoms with E-state index in [1.54, 1.807) is 0 Å². The van der Waals surface area contributed by atoms with Crippen LogP contribution in [0.15, 0.2) is 46.9 Å². The first-order chi connectivity index (χ1) is 8.74. The molecule has 0 saturated carbocycles. The Morgan fingerprint density at radius 1 is 1.00 bits per heavy atom. The molecule has 0 saturated heterocycles. The standard InChI is InChI=1S/C16H15NO/c1-11-8-9-14-16(12(11)2)18-15(17-14)10-13-6-4-3-5-7-13/h3-9H,10H2,1-2H3. The lowest BCUT2D eigenvalue weighted by atomic mass is 10.1. The third kappa shape index (κ3) is 1.90. The highest BCUT2D eigenvalue weighted by Crippen LogP contribution is 2.23. The summed E-state index contributed by atoms with van der Waals surface area (Å²) >= 11 is 0. The molecule has 0 unspecified atom stereocenters. The maximum absolute atomic E-state index is 5.87. The van der Waals surface area contributed by atoms with Crippen molar-refractivity contribution in [2.24, 2.45) is 0 Å². The van der Waals surface area contributed by atoms with E-state index in [-0.39, 0.29) is 0 Å². The van der Waals surface area contributed by atoms with Gasteiger partial charge in [0.25, 0.3) is 0 Å². The molecule has 3 aromatic rings. The summed E-state index contributed by atoms with van der Waals surface area (Å²) in [7, 11) is 0. The monoisotopic (exact) mass is 237 g/mol. The van der Waals surface area contributed by atoms with Gasteiger partial charge in [-0.15, -0.1) is 0 Å². The summed E-state index contributed by atoms with van der Waals surface area (Å²) in [4.78, 5) is 4.54. The molecule has 0 aliphatic heterocycles. The van der Waals surface area contributed by atoms with Crippen LogP contribution in [-0.4, -0.2) is 4.98 Å². The van der Waals surface area contributed by atoms with E-state index in [0.29, 0.717) is 0 Å². The Bertz CT molecular complexity index is 683. The van der Waals surface area contributed by atoms with Gasteiger partial charge in [-0.05, 0) is 36.6 Å². The maximum atomic E-state index is 5.87. The van der Waals surface area contributed by atoms with Crippen LogP contribution >= 0.6 is 0 Å². The van der Waals surface area contributed by atoms with Crippen molar-refractivity contribution in [2.75, 3.05) is 0 Å². The van der Waals surface area contributed by atoms with Crippen LogP contribution in [0.1, 0.15) is 22.6 Å². The van der Waals surface area contributed by atoms with E-state index in [1.165, 1.54) is 16.7 Å². The second-order valence-electron chi connectivity index (χ2n) is 4.63. The van der Waals surface area contributed by atoms with Gasteiger partial charge in [-0.3, -0.25) is 0 Å². The van der Waals surface area contributed by atoms with Crippen LogP contribution in [0.4, 0.5) is 0 Å². The fourth-order valence-electron chi connectivity index (χ4n) is 2.11. The van der Waals surface area contributed by atoms with Gasteiger partial charge in [0.1, 0.15) is 5.52 Å². The summed E-state index contributed by atoms with van der Waals surface area (Å²) in [5.74, 6) is 0.782. The number of nitrogens with zero attached hydrogens (tertiary/aromatic N) is 1. The van der Waals surface area contributed by atoms with Crippen molar-refractivity contribution < 1.29 is 4.42 Å². The Labute approximate surface area is 106 Å². The number of aromatic nitrogens is 1. The van der Waals surface area contributed by atoms with Crippen molar-refractivity contribution in [3.63, 3.8) is 0 Å². The highest BCUT2D eigenvalue weighted by atomic mass is 16.3. The van der Waals surface area contributed by atoms with Gasteiger partial charge in [-0.1, -0.05) is 36.4 Å². The van der Waals surface area contributed by atoms with Gasteiger partial charge in [0.05, 0.1) is 0 Å². The first-order valence-electron chi connectivity index (χ1n) is 6.13. The van der Waals surface area contributed by atoms with E-state index in [4.69, 9.17) is 4.42 Å². The molecule has 0 N–H and O–H groups in total. The van der Waals surface area contributed by atoms with Crippen LogP contribution in [0.3, 0.4) is 0 Å². The van der Waals surface area contributed by atoms with E-state index in [0.717, 1.165) is 23.4 Å². The average molecular weight is 237 g/mol. The van der Waals surface area contributed by atoms with Crippen molar-refractivity contribution in [2.45, 2.75) is 20.3 Å². The predicted molar refractivity (Wildman–Crippen MR) is 72.7 cm³/mol. The van der Waals surface area contributed by atoms with E-state index >= 15 is 0 Å². The lowest BCUT2D eigenvalue weighted by molar-refractivity contribution is 0.542. The third-order valence-corrected chi connectivity index (χ3v) is 3.32. The zero-order chi connectivity index (χ0) is 12.5. The Hall–Kier alpha value is -2.09. The summed E-state index contributed by atoms with van der Waals surface area (Å²) in [6.45, 7) is 4.17. The van der Waals surface area contributed by atoms with Crippen molar-refractivity contribution in [1.29, 1.82) is 0 Å². The molecule has 0 fully saturated rings. The molecule has 0 spiro atoms. The first kappa shape index (κ1) is 11.0. The zero-order valence-electron chi connectivity index (χ0n) is 10.6. The van der Waals surface area contributed by atoms with Crippen LogP contribution in [0.5, 0.6) is 0 Å². The number of fused-ring (bicyclic) bond motifs is 1. The summed E-state index contributed by atoms with van der Waals surface area (Å²) < 4.78 is 5.87. The number of hydrogen-bond donors (Lipinski definition) is 0. The van der Waals surface area contributed by atoms with Gasteiger partial charge in [-0.25, -0.2) is 4.98 Å². The average Bonchev–Trinajstić information content (AvgIpc) is 2.79. The van der Waals surface area contributed by atoms with Crippen molar-refractivity contribution >= 4 is 11.1 Å². The molecular formula is C16H15NO. The SMILES string of the molecule is Cc1ccc2nc(Cc3ccccc3)oc2c1C. The largest absolute Gasteiger partial charge is 0.440 e. The number of aryl methyl sites for hydroxylation is 2. The third-order valence-electron chi connectivity index (χ3n) is 3.32.